The normalized spacial score (nSPS) is 11.8. The van der Waals surface area contributed by atoms with Crippen LogP contribution in [0, 0.1) is 0 Å². The van der Waals surface area contributed by atoms with Crippen LogP contribution in [0.1, 0.15) is 37.8 Å². The lowest BCUT2D eigenvalue weighted by atomic mass is 9.99. The van der Waals surface area contributed by atoms with Crippen LogP contribution in [-0.4, -0.2) is 27.9 Å². The molecule has 1 atom stereocenters. The van der Waals surface area contributed by atoms with Gasteiger partial charge < -0.3 is 19.5 Å². The fourth-order valence-electron chi connectivity index (χ4n) is 2.48. The Morgan fingerprint density at radius 3 is 2.38 bits per heavy atom. The van der Waals surface area contributed by atoms with E-state index in [9.17, 15) is 0 Å². The average Bonchev–Trinajstić information content (AvgIpc) is 2.52. The van der Waals surface area contributed by atoms with E-state index in [4.69, 9.17) is 14.2 Å². The highest BCUT2D eigenvalue weighted by Gasteiger charge is 2.21. The second kappa shape index (κ2) is 9.29. The van der Waals surface area contributed by atoms with E-state index in [-0.39, 0.29) is 6.04 Å². The number of hydrogen-bond acceptors (Lipinski definition) is 4. The molecule has 0 saturated heterocycles. The molecule has 0 heterocycles. The molecule has 0 bridgehead atoms. The van der Waals surface area contributed by atoms with Gasteiger partial charge in [0.25, 0.3) is 0 Å². The molecule has 0 radical (unpaired) electrons. The first kappa shape index (κ1) is 17.4. The number of nitrogens with one attached hydrogen (secondary N) is 1. The Hall–Kier alpha value is -1.68. The Morgan fingerprint density at radius 2 is 1.86 bits per heavy atom. The average molecular weight is 293 g/mol. The molecule has 4 nitrogen and oxygen atoms in total. The third-order valence-electron chi connectivity index (χ3n) is 3.46. The summed E-state index contributed by atoms with van der Waals surface area (Å²) in [5.41, 5.74) is 1.10. The minimum absolute atomic E-state index is 0.227. The maximum absolute atomic E-state index is 5.58. The van der Waals surface area contributed by atoms with Crippen LogP contribution in [0.4, 0.5) is 0 Å². The molecule has 1 aromatic rings. The number of ether oxygens (including phenoxy) is 3. The lowest BCUT2D eigenvalue weighted by molar-refractivity contribution is 0.318. The largest absolute Gasteiger partial charge is 0.493 e. The summed E-state index contributed by atoms with van der Waals surface area (Å²) in [5.74, 6) is 2.06. The highest BCUT2D eigenvalue weighted by atomic mass is 16.5. The van der Waals surface area contributed by atoms with Crippen molar-refractivity contribution in [3.8, 4) is 17.2 Å². The molecule has 1 aromatic carbocycles. The van der Waals surface area contributed by atoms with Gasteiger partial charge in [0, 0.05) is 11.6 Å². The third kappa shape index (κ3) is 4.39. The second-order valence-electron chi connectivity index (χ2n) is 4.75. The standard InChI is InChI=1S/C17H27NO3/c1-6-8-9-10-14(18-7-2)13-11-12-15(19-3)17(21-5)16(13)20-4/h6,11-12,14,18H,1,7-10H2,2-5H3. The minimum Gasteiger partial charge on any atom is -0.493 e. The summed E-state index contributed by atoms with van der Waals surface area (Å²) >= 11 is 0. The molecule has 0 aromatic heterocycles. The van der Waals surface area contributed by atoms with Gasteiger partial charge in [-0.2, -0.15) is 0 Å². The molecule has 1 N–H and O–H groups in total. The van der Waals surface area contributed by atoms with Gasteiger partial charge in [-0.05, 0) is 37.9 Å². The molecule has 0 fully saturated rings. The number of methoxy groups -OCH3 is 3. The molecule has 0 aliphatic carbocycles. The molecule has 0 aliphatic heterocycles. The highest BCUT2D eigenvalue weighted by molar-refractivity contribution is 5.56. The second-order valence-corrected chi connectivity index (χ2v) is 4.75. The molecule has 0 amide bonds. The monoisotopic (exact) mass is 293 g/mol. The number of unbranched alkanes of at least 4 members (excludes halogenated alkanes) is 1. The van der Waals surface area contributed by atoms with Crippen molar-refractivity contribution in [2.45, 2.75) is 32.2 Å². The van der Waals surface area contributed by atoms with Gasteiger partial charge in [-0.3, -0.25) is 0 Å². The van der Waals surface area contributed by atoms with Crippen molar-refractivity contribution in [1.82, 2.24) is 5.32 Å². The quantitative estimate of drug-likeness (QED) is 0.527. The maximum atomic E-state index is 5.58. The topological polar surface area (TPSA) is 39.7 Å². The third-order valence-corrected chi connectivity index (χ3v) is 3.46. The van der Waals surface area contributed by atoms with E-state index in [0.717, 1.165) is 37.1 Å². The predicted molar refractivity (Wildman–Crippen MR) is 86.6 cm³/mol. The van der Waals surface area contributed by atoms with Crippen molar-refractivity contribution in [3.05, 3.63) is 30.4 Å². The zero-order chi connectivity index (χ0) is 15.7. The van der Waals surface area contributed by atoms with Crippen molar-refractivity contribution >= 4 is 0 Å². The number of allylic oxidation sites excluding steroid dienone is 1. The van der Waals surface area contributed by atoms with E-state index in [1.54, 1.807) is 21.3 Å². The van der Waals surface area contributed by atoms with E-state index < -0.39 is 0 Å². The Bertz CT molecular complexity index is 446. The number of benzene rings is 1. The summed E-state index contributed by atoms with van der Waals surface area (Å²) < 4.78 is 16.4. The van der Waals surface area contributed by atoms with Gasteiger partial charge in [-0.15, -0.1) is 6.58 Å². The Labute approximate surface area is 128 Å². The lowest BCUT2D eigenvalue weighted by Crippen LogP contribution is -2.21. The molecule has 0 aliphatic rings. The highest BCUT2D eigenvalue weighted by Crippen LogP contribution is 2.42. The predicted octanol–water partition coefficient (Wildman–Crippen LogP) is 3.72. The summed E-state index contributed by atoms with van der Waals surface area (Å²) in [7, 11) is 4.92. The Kier molecular flexibility index (Phi) is 7.69. The minimum atomic E-state index is 0.227. The van der Waals surface area contributed by atoms with Crippen LogP contribution in [-0.2, 0) is 0 Å². The fourth-order valence-corrected chi connectivity index (χ4v) is 2.48. The van der Waals surface area contributed by atoms with Crippen LogP contribution in [0.25, 0.3) is 0 Å². The maximum Gasteiger partial charge on any atom is 0.203 e. The van der Waals surface area contributed by atoms with Gasteiger partial charge in [-0.25, -0.2) is 0 Å². The van der Waals surface area contributed by atoms with Gasteiger partial charge in [0.15, 0.2) is 11.5 Å². The molecule has 21 heavy (non-hydrogen) atoms. The van der Waals surface area contributed by atoms with Crippen molar-refractivity contribution in [2.75, 3.05) is 27.9 Å². The zero-order valence-electron chi connectivity index (χ0n) is 13.6. The SMILES string of the molecule is C=CCCCC(NCC)c1ccc(OC)c(OC)c1OC. The van der Waals surface area contributed by atoms with Crippen molar-refractivity contribution in [1.29, 1.82) is 0 Å². The van der Waals surface area contributed by atoms with Gasteiger partial charge >= 0.3 is 0 Å². The zero-order valence-corrected chi connectivity index (χ0v) is 13.6. The first-order valence-corrected chi connectivity index (χ1v) is 7.36. The summed E-state index contributed by atoms with van der Waals surface area (Å²) in [4.78, 5) is 0. The molecule has 1 unspecified atom stereocenters. The first-order valence-electron chi connectivity index (χ1n) is 7.36. The van der Waals surface area contributed by atoms with Crippen LogP contribution in [0.5, 0.6) is 17.2 Å². The van der Waals surface area contributed by atoms with E-state index >= 15 is 0 Å². The van der Waals surface area contributed by atoms with Gasteiger partial charge in [0.05, 0.1) is 21.3 Å². The molecular formula is C17H27NO3. The van der Waals surface area contributed by atoms with Crippen molar-refractivity contribution in [3.63, 3.8) is 0 Å². The molecule has 0 saturated carbocycles. The summed E-state index contributed by atoms with van der Waals surface area (Å²) in [5, 5.41) is 3.51. The van der Waals surface area contributed by atoms with E-state index in [2.05, 4.69) is 18.8 Å². The summed E-state index contributed by atoms with van der Waals surface area (Å²) in [6.07, 6.45) is 5.07. The van der Waals surface area contributed by atoms with Crippen molar-refractivity contribution < 1.29 is 14.2 Å². The van der Waals surface area contributed by atoms with Crippen molar-refractivity contribution in [2.24, 2.45) is 0 Å². The van der Waals surface area contributed by atoms with Gasteiger partial charge in [0.2, 0.25) is 5.75 Å². The molecule has 4 heteroatoms. The lowest BCUT2D eigenvalue weighted by Gasteiger charge is -2.23. The van der Waals surface area contributed by atoms with Crippen LogP contribution in [0.3, 0.4) is 0 Å². The van der Waals surface area contributed by atoms with Crippen LogP contribution < -0.4 is 19.5 Å². The van der Waals surface area contributed by atoms with Gasteiger partial charge in [0.1, 0.15) is 0 Å². The summed E-state index contributed by atoms with van der Waals surface area (Å²) in [6.45, 7) is 6.78. The fraction of sp³-hybridized carbons (Fsp3) is 0.529. The molecule has 0 spiro atoms. The van der Waals surface area contributed by atoms with Crippen LogP contribution in [0.2, 0.25) is 0 Å². The smallest absolute Gasteiger partial charge is 0.203 e. The van der Waals surface area contributed by atoms with E-state index in [1.165, 1.54) is 0 Å². The van der Waals surface area contributed by atoms with Gasteiger partial charge in [-0.1, -0.05) is 13.0 Å². The van der Waals surface area contributed by atoms with Crippen LogP contribution >= 0.6 is 0 Å². The van der Waals surface area contributed by atoms with E-state index in [0.29, 0.717) is 11.5 Å². The molecule has 118 valence electrons. The summed E-state index contributed by atoms with van der Waals surface area (Å²) in [6, 6.07) is 4.19. The molecular weight excluding hydrogens is 266 g/mol. The number of rotatable bonds is 10. The number of hydrogen-bond donors (Lipinski definition) is 1. The molecule has 1 rings (SSSR count). The Morgan fingerprint density at radius 1 is 1.14 bits per heavy atom. The van der Waals surface area contributed by atoms with Crippen LogP contribution in [0.15, 0.2) is 24.8 Å². The van der Waals surface area contributed by atoms with E-state index in [1.807, 2.05) is 18.2 Å². The Balaban J connectivity index is 3.13. The first-order chi connectivity index (χ1) is 10.2.